The van der Waals surface area contributed by atoms with E-state index in [0.717, 1.165) is 11.4 Å². The Hall–Kier alpha value is -2.30. The van der Waals surface area contributed by atoms with Crippen molar-refractivity contribution in [2.24, 2.45) is 0 Å². The number of carbonyl (C=O) groups is 1. The molecule has 1 aromatic carbocycles. The van der Waals surface area contributed by atoms with Gasteiger partial charge < -0.3 is 10.0 Å². The smallest absolute Gasteiger partial charge is 0.309 e. The van der Waals surface area contributed by atoms with Gasteiger partial charge in [-0.05, 0) is 30.3 Å². The first-order valence-electron chi connectivity index (χ1n) is 5.60. The lowest BCUT2D eigenvalue weighted by Crippen LogP contribution is -2.10. The highest BCUT2D eigenvalue weighted by Gasteiger charge is 2.08. The van der Waals surface area contributed by atoms with Gasteiger partial charge in [-0.25, -0.2) is 4.68 Å². The third-order valence-corrected chi connectivity index (χ3v) is 2.66. The van der Waals surface area contributed by atoms with Crippen LogP contribution in [0.2, 0.25) is 0 Å². The molecule has 0 atom stereocenters. The molecule has 18 heavy (non-hydrogen) atoms. The van der Waals surface area contributed by atoms with Crippen LogP contribution >= 0.6 is 0 Å². The molecule has 2 aromatic rings. The predicted octanol–water partition coefficient (Wildman–Crippen LogP) is 1.57. The molecule has 0 spiro atoms. The van der Waals surface area contributed by atoms with Crippen molar-refractivity contribution in [3.05, 3.63) is 42.2 Å². The minimum absolute atomic E-state index is 0.0323. The summed E-state index contributed by atoms with van der Waals surface area (Å²) in [6.45, 7) is 0. The van der Waals surface area contributed by atoms with E-state index in [1.54, 1.807) is 16.9 Å². The molecular weight excluding hydrogens is 230 g/mol. The number of carboxylic acid groups (broad SMARTS) is 1. The van der Waals surface area contributed by atoms with E-state index in [0.29, 0.717) is 5.69 Å². The fourth-order valence-corrected chi connectivity index (χ4v) is 1.74. The first-order chi connectivity index (χ1) is 8.58. The fraction of sp³-hybridized carbons (Fsp3) is 0.231. The van der Waals surface area contributed by atoms with Crippen molar-refractivity contribution >= 4 is 11.7 Å². The molecule has 0 aliphatic rings. The number of nitrogens with zero attached hydrogens (tertiary/aromatic N) is 3. The number of anilines is 1. The number of hydrogen-bond donors (Lipinski definition) is 1. The second-order valence-corrected chi connectivity index (χ2v) is 4.22. The summed E-state index contributed by atoms with van der Waals surface area (Å²) in [5, 5.41) is 13.0. The number of rotatable bonds is 4. The van der Waals surface area contributed by atoms with Crippen LogP contribution in [0.4, 0.5) is 5.69 Å². The van der Waals surface area contributed by atoms with E-state index in [1.807, 2.05) is 43.3 Å². The average molecular weight is 245 g/mol. The molecule has 0 saturated heterocycles. The summed E-state index contributed by atoms with van der Waals surface area (Å²) in [7, 11) is 3.94. The van der Waals surface area contributed by atoms with Gasteiger partial charge in [0, 0.05) is 26.0 Å². The van der Waals surface area contributed by atoms with Crippen LogP contribution in [0.1, 0.15) is 5.69 Å². The Bertz CT molecular complexity index is 544. The van der Waals surface area contributed by atoms with Gasteiger partial charge in [-0.1, -0.05) is 0 Å². The van der Waals surface area contributed by atoms with Crippen molar-refractivity contribution < 1.29 is 9.90 Å². The molecule has 0 radical (unpaired) electrons. The van der Waals surface area contributed by atoms with Gasteiger partial charge in [-0.3, -0.25) is 4.79 Å². The Balaban J connectivity index is 2.31. The Labute approximate surface area is 105 Å². The number of aliphatic carboxylic acids is 1. The molecule has 0 aliphatic carbocycles. The maximum Gasteiger partial charge on any atom is 0.309 e. The lowest BCUT2D eigenvalue weighted by atomic mass is 10.2. The molecule has 0 saturated carbocycles. The van der Waals surface area contributed by atoms with Gasteiger partial charge in [0.05, 0.1) is 17.8 Å². The molecule has 0 fully saturated rings. The van der Waals surface area contributed by atoms with Crippen LogP contribution in [0, 0.1) is 0 Å². The zero-order valence-corrected chi connectivity index (χ0v) is 10.4. The molecule has 0 aliphatic heterocycles. The molecule has 2 rings (SSSR count). The van der Waals surface area contributed by atoms with E-state index in [2.05, 4.69) is 5.10 Å². The topological polar surface area (TPSA) is 58.4 Å². The van der Waals surface area contributed by atoms with Crippen LogP contribution in [0.25, 0.3) is 5.69 Å². The van der Waals surface area contributed by atoms with Gasteiger partial charge in [0.1, 0.15) is 0 Å². The normalized spacial score (nSPS) is 10.3. The number of aromatic nitrogens is 2. The highest BCUT2D eigenvalue weighted by Crippen LogP contribution is 2.16. The van der Waals surface area contributed by atoms with Crippen molar-refractivity contribution in [1.29, 1.82) is 0 Å². The van der Waals surface area contributed by atoms with E-state index in [1.165, 1.54) is 0 Å². The summed E-state index contributed by atoms with van der Waals surface area (Å²) in [4.78, 5) is 12.8. The maximum atomic E-state index is 10.7. The molecule has 94 valence electrons. The lowest BCUT2D eigenvalue weighted by molar-refractivity contribution is -0.136. The number of benzene rings is 1. The zero-order chi connectivity index (χ0) is 13.1. The van der Waals surface area contributed by atoms with Crippen molar-refractivity contribution in [1.82, 2.24) is 9.78 Å². The third kappa shape index (κ3) is 2.51. The standard InChI is InChI=1S/C13H15N3O2/c1-15(2)10-3-5-11(6-4-10)16-12(7-8-14-16)9-13(17)18/h3-8H,9H2,1-2H3,(H,17,18). The second-order valence-electron chi connectivity index (χ2n) is 4.22. The van der Waals surface area contributed by atoms with E-state index < -0.39 is 5.97 Å². The van der Waals surface area contributed by atoms with Crippen molar-refractivity contribution in [3.8, 4) is 5.69 Å². The van der Waals surface area contributed by atoms with Crippen molar-refractivity contribution in [3.63, 3.8) is 0 Å². The van der Waals surface area contributed by atoms with Gasteiger partial charge in [-0.2, -0.15) is 5.10 Å². The van der Waals surface area contributed by atoms with Crippen LogP contribution in [-0.2, 0) is 11.2 Å². The Morgan fingerprint density at radius 3 is 2.50 bits per heavy atom. The summed E-state index contributed by atoms with van der Waals surface area (Å²) in [6, 6.07) is 9.51. The van der Waals surface area contributed by atoms with Crippen molar-refractivity contribution in [2.75, 3.05) is 19.0 Å². The van der Waals surface area contributed by atoms with E-state index in [-0.39, 0.29) is 6.42 Å². The molecule has 1 aromatic heterocycles. The maximum absolute atomic E-state index is 10.7. The van der Waals surface area contributed by atoms with Gasteiger partial charge in [0.15, 0.2) is 0 Å². The molecule has 1 heterocycles. The largest absolute Gasteiger partial charge is 0.481 e. The summed E-state index contributed by atoms with van der Waals surface area (Å²) >= 11 is 0. The van der Waals surface area contributed by atoms with E-state index >= 15 is 0 Å². The van der Waals surface area contributed by atoms with Gasteiger partial charge in [0.25, 0.3) is 0 Å². The van der Waals surface area contributed by atoms with Crippen LogP contribution < -0.4 is 4.90 Å². The quantitative estimate of drug-likeness (QED) is 0.888. The SMILES string of the molecule is CN(C)c1ccc(-n2nccc2CC(=O)O)cc1. The Morgan fingerprint density at radius 2 is 1.94 bits per heavy atom. The minimum atomic E-state index is -0.860. The summed E-state index contributed by atoms with van der Waals surface area (Å²) < 4.78 is 1.65. The molecular formula is C13H15N3O2. The van der Waals surface area contributed by atoms with Crippen LogP contribution in [0.5, 0.6) is 0 Å². The summed E-state index contributed by atoms with van der Waals surface area (Å²) in [5.41, 5.74) is 2.62. The number of hydrogen-bond acceptors (Lipinski definition) is 3. The summed E-state index contributed by atoms with van der Waals surface area (Å²) in [6.07, 6.45) is 1.58. The van der Waals surface area contributed by atoms with Crippen LogP contribution in [-0.4, -0.2) is 35.0 Å². The minimum Gasteiger partial charge on any atom is -0.481 e. The predicted molar refractivity (Wildman–Crippen MR) is 69.2 cm³/mol. The number of carboxylic acids is 1. The first kappa shape index (κ1) is 12.2. The van der Waals surface area contributed by atoms with Crippen LogP contribution in [0.15, 0.2) is 36.5 Å². The average Bonchev–Trinajstić information content (AvgIpc) is 2.76. The van der Waals surface area contributed by atoms with E-state index in [4.69, 9.17) is 5.11 Å². The Kier molecular flexibility index (Phi) is 3.32. The van der Waals surface area contributed by atoms with Gasteiger partial charge in [-0.15, -0.1) is 0 Å². The molecule has 5 nitrogen and oxygen atoms in total. The van der Waals surface area contributed by atoms with Crippen LogP contribution in [0.3, 0.4) is 0 Å². The molecule has 0 unspecified atom stereocenters. The highest BCUT2D eigenvalue weighted by atomic mass is 16.4. The van der Waals surface area contributed by atoms with Gasteiger partial charge >= 0.3 is 5.97 Å². The molecule has 5 heteroatoms. The van der Waals surface area contributed by atoms with Crippen molar-refractivity contribution in [2.45, 2.75) is 6.42 Å². The van der Waals surface area contributed by atoms with E-state index in [9.17, 15) is 4.79 Å². The molecule has 0 bridgehead atoms. The monoisotopic (exact) mass is 245 g/mol. The lowest BCUT2D eigenvalue weighted by Gasteiger charge is -2.13. The highest BCUT2D eigenvalue weighted by molar-refractivity contribution is 5.69. The first-order valence-corrected chi connectivity index (χ1v) is 5.60. The molecule has 0 amide bonds. The summed E-state index contributed by atoms with van der Waals surface area (Å²) in [5.74, 6) is -0.860. The fourth-order valence-electron chi connectivity index (χ4n) is 1.74. The molecule has 1 N–H and O–H groups in total. The third-order valence-electron chi connectivity index (χ3n) is 2.66. The van der Waals surface area contributed by atoms with Gasteiger partial charge in [0.2, 0.25) is 0 Å². The second kappa shape index (κ2) is 4.91. The zero-order valence-electron chi connectivity index (χ0n) is 10.4. The Morgan fingerprint density at radius 1 is 1.28 bits per heavy atom.